The number of hydrogen-bond acceptors (Lipinski definition) is 3. The van der Waals surface area contributed by atoms with Gasteiger partial charge in [0, 0.05) is 12.5 Å². The third-order valence-electron chi connectivity index (χ3n) is 3.48. The number of rotatable bonds is 5. The van der Waals surface area contributed by atoms with Crippen LogP contribution in [0.15, 0.2) is 24.3 Å². The number of nitrogens with two attached hydrogens (primary N) is 1. The highest BCUT2D eigenvalue weighted by atomic mass is 32.2. The average Bonchev–Trinajstić information content (AvgIpc) is 3.16. The maximum atomic E-state index is 12.9. The highest BCUT2D eigenvalue weighted by molar-refractivity contribution is 7.89. The van der Waals surface area contributed by atoms with E-state index in [2.05, 4.69) is 5.32 Å². The van der Waals surface area contributed by atoms with Gasteiger partial charge in [0.2, 0.25) is 15.9 Å². The third-order valence-corrected chi connectivity index (χ3v) is 4.25. The van der Waals surface area contributed by atoms with Gasteiger partial charge in [0.25, 0.3) is 0 Å². The van der Waals surface area contributed by atoms with Crippen LogP contribution in [-0.2, 0) is 21.0 Å². The van der Waals surface area contributed by atoms with Crippen molar-refractivity contribution in [3.05, 3.63) is 35.4 Å². The lowest BCUT2D eigenvalue weighted by Crippen LogP contribution is -2.32. The zero-order valence-electron chi connectivity index (χ0n) is 11.4. The van der Waals surface area contributed by atoms with E-state index in [0.717, 1.165) is 6.07 Å². The van der Waals surface area contributed by atoms with Gasteiger partial charge in [-0.05, 0) is 24.0 Å². The van der Waals surface area contributed by atoms with Crippen LogP contribution in [0.1, 0.15) is 23.5 Å². The van der Waals surface area contributed by atoms with E-state index in [1.165, 1.54) is 18.2 Å². The summed E-state index contributed by atoms with van der Waals surface area (Å²) in [5.74, 6) is -1.92. The predicted molar refractivity (Wildman–Crippen MR) is 73.3 cm³/mol. The molecular weight excluding hydrogens is 321 g/mol. The van der Waals surface area contributed by atoms with E-state index in [9.17, 15) is 26.4 Å². The van der Waals surface area contributed by atoms with Gasteiger partial charge in [0.05, 0.1) is 11.3 Å². The Hall–Kier alpha value is -1.61. The molecule has 1 saturated carbocycles. The van der Waals surface area contributed by atoms with Crippen molar-refractivity contribution in [1.82, 2.24) is 5.32 Å². The quantitative estimate of drug-likeness (QED) is 0.847. The number of carbonyl (C=O) groups is 1. The lowest BCUT2D eigenvalue weighted by Gasteiger charge is -2.12. The molecule has 1 aromatic carbocycles. The first-order valence-corrected chi connectivity index (χ1v) is 8.25. The molecule has 122 valence electrons. The highest BCUT2D eigenvalue weighted by Gasteiger charge is 2.47. The summed E-state index contributed by atoms with van der Waals surface area (Å²) in [5.41, 5.74) is -0.638. The van der Waals surface area contributed by atoms with Gasteiger partial charge in [-0.2, -0.15) is 13.2 Å². The number of benzene rings is 1. The van der Waals surface area contributed by atoms with Gasteiger partial charge in [0.1, 0.15) is 0 Å². The number of primary sulfonamides is 1. The molecule has 0 saturated heterocycles. The second kappa shape index (κ2) is 5.88. The van der Waals surface area contributed by atoms with Gasteiger partial charge < -0.3 is 5.32 Å². The fraction of sp³-hybridized carbons (Fsp3) is 0.462. The van der Waals surface area contributed by atoms with Crippen LogP contribution in [0.3, 0.4) is 0 Å². The van der Waals surface area contributed by atoms with Crippen LogP contribution in [-0.4, -0.2) is 26.6 Å². The molecule has 0 heterocycles. The highest BCUT2D eigenvalue weighted by Crippen LogP contribution is 2.50. The van der Waals surface area contributed by atoms with Gasteiger partial charge in [-0.3, -0.25) is 4.79 Å². The maximum absolute atomic E-state index is 12.9. The van der Waals surface area contributed by atoms with Crippen molar-refractivity contribution in [3.63, 3.8) is 0 Å². The summed E-state index contributed by atoms with van der Waals surface area (Å²) in [6.07, 6.45) is -4.15. The predicted octanol–water partition coefficient (Wildman–Crippen LogP) is 1.21. The van der Waals surface area contributed by atoms with E-state index >= 15 is 0 Å². The molecule has 1 aliphatic carbocycles. The van der Waals surface area contributed by atoms with Crippen molar-refractivity contribution < 1.29 is 26.4 Å². The van der Waals surface area contributed by atoms with Gasteiger partial charge in [0.15, 0.2) is 0 Å². The van der Waals surface area contributed by atoms with Crippen LogP contribution in [0.25, 0.3) is 0 Å². The summed E-state index contributed by atoms with van der Waals surface area (Å²) in [4.78, 5) is 11.8. The molecule has 1 fully saturated rings. The van der Waals surface area contributed by atoms with E-state index in [4.69, 9.17) is 5.14 Å². The Bertz CT molecular complexity index is 673. The second-order valence-corrected chi connectivity index (χ2v) is 6.93. The summed E-state index contributed by atoms with van der Waals surface area (Å²) >= 11 is 0. The minimum atomic E-state index is -4.46. The van der Waals surface area contributed by atoms with Crippen LogP contribution in [0.5, 0.6) is 0 Å². The van der Waals surface area contributed by atoms with E-state index < -0.39 is 45.3 Å². The van der Waals surface area contributed by atoms with Gasteiger partial charge in [-0.15, -0.1) is 0 Å². The average molecular weight is 336 g/mol. The zero-order valence-corrected chi connectivity index (χ0v) is 12.2. The van der Waals surface area contributed by atoms with Gasteiger partial charge in [-0.25, -0.2) is 13.6 Å². The Kier molecular flexibility index (Phi) is 4.48. The number of nitrogens with one attached hydrogen (secondary N) is 1. The fourth-order valence-electron chi connectivity index (χ4n) is 2.35. The number of hydrogen-bond donors (Lipinski definition) is 2. The largest absolute Gasteiger partial charge is 0.416 e. The Morgan fingerprint density at radius 3 is 2.55 bits per heavy atom. The topological polar surface area (TPSA) is 89.3 Å². The number of carbonyl (C=O) groups excluding carboxylic acids is 1. The van der Waals surface area contributed by atoms with E-state index in [-0.39, 0.29) is 12.1 Å². The summed E-state index contributed by atoms with van der Waals surface area (Å²) in [6, 6.07) is 5.16. The molecule has 5 nitrogen and oxygen atoms in total. The van der Waals surface area contributed by atoms with Crippen LogP contribution >= 0.6 is 0 Å². The Morgan fingerprint density at radius 2 is 1.95 bits per heavy atom. The van der Waals surface area contributed by atoms with Crippen molar-refractivity contribution in [2.24, 2.45) is 11.1 Å². The molecule has 0 spiro atoms. The Balaban J connectivity index is 2.00. The molecule has 0 radical (unpaired) electrons. The molecule has 0 unspecified atom stereocenters. The first-order valence-electron chi connectivity index (χ1n) is 6.54. The SMILES string of the molecule is NS(=O)(=O)CCNC(=O)[C@H]1C[C@@H]1c1ccccc1C(F)(F)F. The monoisotopic (exact) mass is 336 g/mol. The molecule has 1 aromatic rings. The van der Waals surface area contributed by atoms with Crippen LogP contribution < -0.4 is 10.5 Å². The van der Waals surface area contributed by atoms with Crippen molar-refractivity contribution >= 4 is 15.9 Å². The van der Waals surface area contributed by atoms with E-state index in [1.807, 2.05) is 0 Å². The van der Waals surface area contributed by atoms with E-state index in [1.54, 1.807) is 0 Å². The third kappa shape index (κ3) is 4.20. The molecule has 3 N–H and O–H groups in total. The lowest BCUT2D eigenvalue weighted by molar-refractivity contribution is -0.138. The van der Waals surface area contributed by atoms with Crippen molar-refractivity contribution in [1.29, 1.82) is 0 Å². The Morgan fingerprint density at radius 1 is 1.32 bits per heavy atom. The first-order chi connectivity index (χ1) is 10.1. The van der Waals surface area contributed by atoms with Crippen LogP contribution in [0.4, 0.5) is 13.2 Å². The Labute approximate surface area is 125 Å². The molecule has 9 heteroatoms. The molecule has 22 heavy (non-hydrogen) atoms. The summed E-state index contributed by atoms with van der Waals surface area (Å²) < 4.78 is 60.2. The molecule has 0 aromatic heterocycles. The normalized spacial score (nSPS) is 21.5. The van der Waals surface area contributed by atoms with Crippen LogP contribution in [0, 0.1) is 5.92 Å². The van der Waals surface area contributed by atoms with Gasteiger partial charge >= 0.3 is 6.18 Å². The number of halogens is 3. The number of sulfonamides is 1. The number of alkyl halides is 3. The van der Waals surface area contributed by atoms with Crippen LogP contribution in [0.2, 0.25) is 0 Å². The minimum Gasteiger partial charge on any atom is -0.355 e. The molecule has 2 atom stereocenters. The van der Waals surface area contributed by atoms with Crippen molar-refractivity contribution in [3.8, 4) is 0 Å². The van der Waals surface area contributed by atoms with E-state index in [0.29, 0.717) is 6.42 Å². The second-order valence-electron chi connectivity index (χ2n) is 5.19. The summed E-state index contributed by atoms with van der Waals surface area (Å²) in [7, 11) is -3.68. The standard InChI is InChI=1S/C13H15F3N2O3S/c14-13(15,16)11-4-2-1-3-8(11)9-7-10(9)12(19)18-5-6-22(17,20)21/h1-4,9-10H,5-7H2,(H,18,19)(H2,17,20,21)/t9-,10+/m1/s1. The van der Waals surface area contributed by atoms with Gasteiger partial charge in [-0.1, -0.05) is 18.2 Å². The molecule has 1 amide bonds. The maximum Gasteiger partial charge on any atom is 0.416 e. The molecular formula is C13H15F3N2O3S. The summed E-state index contributed by atoms with van der Waals surface area (Å²) in [5, 5.41) is 7.18. The fourth-order valence-corrected chi connectivity index (χ4v) is 2.74. The molecule has 0 aliphatic heterocycles. The lowest BCUT2D eigenvalue weighted by atomic mass is 10.0. The summed E-state index contributed by atoms with van der Waals surface area (Å²) in [6.45, 7) is -0.151. The minimum absolute atomic E-state index is 0.0987. The zero-order chi connectivity index (χ0) is 16.5. The number of amides is 1. The van der Waals surface area contributed by atoms with Crippen molar-refractivity contribution in [2.45, 2.75) is 18.5 Å². The first kappa shape index (κ1) is 16.8. The molecule has 1 aliphatic rings. The van der Waals surface area contributed by atoms with Crippen molar-refractivity contribution in [2.75, 3.05) is 12.3 Å². The molecule has 0 bridgehead atoms. The molecule has 2 rings (SSSR count). The smallest absolute Gasteiger partial charge is 0.355 e.